The molecule has 0 saturated carbocycles. The molecule has 5 aromatic rings. The zero-order chi connectivity index (χ0) is 23.4. The summed E-state index contributed by atoms with van der Waals surface area (Å²) in [4.78, 5) is 9.58. The first kappa shape index (κ1) is 12.2. The second kappa shape index (κ2) is 6.72. The Morgan fingerprint density at radius 1 is 0.929 bits per heavy atom. The molecule has 5 rings (SSSR count). The van der Waals surface area contributed by atoms with Gasteiger partial charge in [0.25, 0.3) is 0 Å². The van der Waals surface area contributed by atoms with Crippen molar-refractivity contribution in [1.29, 1.82) is 5.26 Å². The first-order valence-electron chi connectivity index (χ1n) is 10.8. The lowest BCUT2D eigenvalue weighted by Gasteiger charge is -2.03. The molecule has 0 amide bonds. The fourth-order valence-electron chi connectivity index (χ4n) is 3.00. The molecular formula is C23H12ClN3S. The Balaban J connectivity index is 1.70. The molecule has 0 saturated heterocycles. The van der Waals surface area contributed by atoms with Crippen LogP contribution in [-0.4, -0.2) is 9.97 Å². The smallest absolute Gasteiger partial charge is 0.156 e. The maximum absolute atomic E-state index is 9.00. The van der Waals surface area contributed by atoms with Gasteiger partial charge in [-0.2, -0.15) is 5.26 Å². The van der Waals surface area contributed by atoms with Gasteiger partial charge in [-0.05, 0) is 29.3 Å². The number of hydrogen-bond acceptors (Lipinski definition) is 4. The van der Waals surface area contributed by atoms with Gasteiger partial charge in [-0.3, -0.25) is 0 Å². The van der Waals surface area contributed by atoms with Crippen LogP contribution in [0.25, 0.3) is 42.8 Å². The topological polar surface area (TPSA) is 49.6 Å². The molecule has 0 bridgehead atoms. The van der Waals surface area contributed by atoms with E-state index in [1.165, 1.54) is 11.3 Å². The summed E-state index contributed by atoms with van der Waals surface area (Å²) in [7, 11) is 0. The van der Waals surface area contributed by atoms with E-state index in [0.717, 1.165) is 21.2 Å². The average molecular weight is 403 g/mol. The van der Waals surface area contributed by atoms with Crippen molar-refractivity contribution in [2.24, 2.45) is 0 Å². The number of rotatable bonds is 2. The molecule has 0 radical (unpaired) electrons. The van der Waals surface area contributed by atoms with Crippen LogP contribution in [0.3, 0.4) is 0 Å². The summed E-state index contributed by atoms with van der Waals surface area (Å²) in [5, 5.41) is 9.82. The fourth-order valence-corrected chi connectivity index (χ4v) is 4.28. The first-order valence-corrected chi connectivity index (χ1v) is 9.47. The number of aromatic nitrogens is 2. The zero-order valence-electron chi connectivity index (χ0n) is 19.2. The van der Waals surface area contributed by atoms with E-state index in [1.54, 1.807) is 12.1 Å². The molecule has 132 valence electrons. The van der Waals surface area contributed by atoms with Gasteiger partial charge in [-0.25, -0.2) is 9.97 Å². The monoisotopic (exact) mass is 402 g/mol. The Bertz CT molecular complexity index is 1610. The number of benzene rings is 3. The highest BCUT2D eigenvalue weighted by Crippen LogP contribution is 2.37. The van der Waals surface area contributed by atoms with Gasteiger partial charge in [-0.1, -0.05) is 66.1 Å². The van der Waals surface area contributed by atoms with Crippen LogP contribution >= 0.6 is 22.9 Å². The maximum atomic E-state index is 9.00. The maximum Gasteiger partial charge on any atom is 0.156 e. The number of fused-ring (bicyclic) bond motifs is 3. The molecule has 3 aromatic carbocycles. The van der Waals surface area contributed by atoms with E-state index in [2.05, 4.69) is 16.0 Å². The van der Waals surface area contributed by atoms with Crippen molar-refractivity contribution >= 4 is 43.4 Å². The Hall–Kier alpha value is -3.26. The fraction of sp³-hybridized carbons (Fsp3) is 0. The minimum absolute atomic E-state index is 0.0306. The normalized spacial score (nSPS) is 13.5. The van der Waals surface area contributed by atoms with Gasteiger partial charge in [0.05, 0.1) is 18.5 Å². The van der Waals surface area contributed by atoms with E-state index in [4.69, 9.17) is 23.7 Å². The number of hydrogen-bond donors (Lipinski definition) is 0. The summed E-state index contributed by atoms with van der Waals surface area (Å²) in [6.45, 7) is 0. The molecule has 0 N–H and O–H groups in total. The zero-order valence-corrected chi connectivity index (χ0v) is 15.7. The van der Waals surface area contributed by atoms with Crippen LogP contribution in [0.2, 0.25) is 5.15 Å². The van der Waals surface area contributed by atoms with Crippen LogP contribution in [0.4, 0.5) is 0 Å². The average Bonchev–Trinajstić information content (AvgIpc) is 3.18. The van der Waals surface area contributed by atoms with Crippen molar-refractivity contribution in [3.63, 3.8) is 0 Å². The number of halogens is 1. The van der Waals surface area contributed by atoms with E-state index >= 15 is 0 Å². The van der Waals surface area contributed by atoms with E-state index in [1.807, 2.05) is 30.3 Å². The van der Waals surface area contributed by atoms with Gasteiger partial charge in [0.2, 0.25) is 0 Å². The molecule has 0 atom stereocenters. The molecule has 0 unspecified atom stereocenters. The SMILES string of the molecule is [2H]c1c([2H])c([2H])c(-c2nc3sc4cc(-c5ccc(C#N)cc5)ccc4c3nc2Cl)c([2H])c1[2H]. The molecule has 0 spiro atoms. The van der Waals surface area contributed by atoms with Crippen LogP contribution in [-0.2, 0) is 0 Å². The standard InChI is InChI=1S/C23H12ClN3S/c24-22-20(16-4-2-1-3-5-16)27-23-21(26-22)18-11-10-17(12-19(18)28-23)15-8-6-14(13-25)7-9-15/h1-12H/i1D,2D,3D,4D,5D. The molecule has 2 aromatic heterocycles. The number of thiophene rings is 1. The van der Waals surface area contributed by atoms with E-state index in [-0.39, 0.29) is 28.5 Å². The first-order chi connectivity index (χ1) is 15.8. The van der Waals surface area contributed by atoms with Crippen LogP contribution in [0.15, 0.2) is 72.7 Å². The van der Waals surface area contributed by atoms with Crippen molar-refractivity contribution < 1.29 is 6.85 Å². The third-order valence-electron chi connectivity index (χ3n) is 4.35. The molecule has 0 fully saturated rings. The van der Waals surface area contributed by atoms with Crippen LogP contribution in [0, 0.1) is 11.3 Å². The lowest BCUT2D eigenvalue weighted by molar-refractivity contribution is 1.32. The third kappa shape index (κ3) is 2.82. The highest BCUT2D eigenvalue weighted by atomic mass is 35.5. The minimum Gasteiger partial charge on any atom is -0.232 e. The van der Waals surface area contributed by atoms with E-state index in [9.17, 15) is 0 Å². The van der Waals surface area contributed by atoms with Gasteiger partial charge in [0.1, 0.15) is 16.0 Å². The molecular weight excluding hydrogens is 386 g/mol. The summed E-state index contributed by atoms with van der Waals surface area (Å²) >= 11 is 7.79. The van der Waals surface area contributed by atoms with Crippen molar-refractivity contribution in [3.8, 4) is 28.5 Å². The Labute approximate surface area is 177 Å². The third-order valence-corrected chi connectivity index (χ3v) is 5.65. The Kier molecular flexibility index (Phi) is 2.94. The van der Waals surface area contributed by atoms with Gasteiger partial charge >= 0.3 is 0 Å². The highest BCUT2D eigenvalue weighted by molar-refractivity contribution is 7.25. The van der Waals surface area contributed by atoms with E-state index in [0.29, 0.717) is 15.9 Å². The summed E-state index contributed by atoms with van der Waals surface area (Å²) < 4.78 is 41.0. The largest absolute Gasteiger partial charge is 0.232 e. The minimum atomic E-state index is -0.476. The van der Waals surface area contributed by atoms with Gasteiger partial charge in [0, 0.05) is 15.6 Å². The molecule has 0 aliphatic heterocycles. The Morgan fingerprint density at radius 3 is 2.43 bits per heavy atom. The second-order valence-corrected chi connectivity index (χ2v) is 7.41. The molecule has 28 heavy (non-hydrogen) atoms. The summed E-state index contributed by atoms with van der Waals surface area (Å²) in [6.07, 6.45) is 0. The molecule has 2 heterocycles. The van der Waals surface area contributed by atoms with Crippen molar-refractivity contribution in [1.82, 2.24) is 9.97 Å². The molecule has 0 aliphatic carbocycles. The molecule has 0 aliphatic rings. The van der Waals surface area contributed by atoms with Gasteiger partial charge in [-0.15, -0.1) is 11.3 Å². The quantitative estimate of drug-likeness (QED) is 0.330. The van der Waals surface area contributed by atoms with Crippen molar-refractivity contribution in [3.05, 3.63) is 83.4 Å². The second-order valence-electron chi connectivity index (χ2n) is 6.02. The van der Waals surface area contributed by atoms with Gasteiger partial charge in [0.15, 0.2) is 5.15 Å². The lowest BCUT2D eigenvalue weighted by Crippen LogP contribution is -1.88. The summed E-state index contributed by atoms with van der Waals surface area (Å²) in [6, 6.07) is 13.2. The van der Waals surface area contributed by atoms with Crippen LogP contribution in [0.5, 0.6) is 0 Å². The molecule has 3 nitrogen and oxygen atoms in total. The molecule has 5 heteroatoms. The predicted molar refractivity (Wildman–Crippen MR) is 116 cm³/mol. The van der Waals surface area contributed by atoms with Crippen molar-refractivity contribution in [2.75, 3.05) is 0 Å². The lowest BCUT2D eigenvalue weighted by atomic mass is 10.0. The highest BCUT2D eigenvalue weighted by Gasteiger charge is 2.14. The number of nitriles is 1. The predicted octanol–water partition coefficient (Wildman–Crippen LogP) is 6.70. The van der Waals surface area contributed by atoms with Gasteiger partial charge < -0.3 is 0 Å². The summed E-state index contributed by atoms with van der Waals surface area (Å²) in [5.41, 5.74) is 3.09. The van der Waals surface area contributed by atoms with Crippen molar-refractivity contribution in [2.45, 2.75) is 0 Å². The van der Waals surface area contributed by atoms with Crippen LogP contribution < -0.4 is 0 Å². The number of nitrogens with zero attached hydrogens (tertiary/aromatic N) is 3. The van der Waals surface area contributed by atoms with E-state index < -0.39 is 18.1 Å². The summed E-state index contributed by atoms with van der Waals surface area (Å²) in [5.74, 6) is 0. The van der Waals surface area contributed by atoms with Crippen LogP contribution in [0.1, 0.15) is 12.4 Å². The Morgan fingerprint density at radius 2 is 1.68 bits per heavy atom.